The maximum absolute atomic E-state index is 13.6. The second-order valence-electron chi connectivity index (χ2n) is 11.7. The summed E-state index contributed by atoms with van der Waals surface area (Å²) in [6, 6.07) is 3.35. The number of carbonyl (C=O) groups excluding carboxylic acids is 2. The van der Waals surface area contributed by atoms with Crippen LogP contribution in [0.5, 0.6) is 5.75 Å². The summed E-state index contributed by atoms with van der Waals surface area (Å²) in [6.45, 7) is 10.0. The summed E-state index contributed by atoms with van der Waals surface area (Å²) in [5.41, 5.74) is -2.11. The predicted molar refractivity (Wildman–Crippen MR) is 149 cm³/mol. The molecule has 1 heterocycles. The average Bonchev–Trinajstić information content (AvgIpc) is 2.83. The van der Waals surface area contributed by atoms with E-state index in [-0.39, 0.29) is 25.4 Å². The van der Waals surface area contributed by atoms with Crippen LogP contribution in [0.2, 0.25) is 0 Å². The fourth-order valence-corrected chi connectivity index (χ4v) is 4.26. The Kier molecular flexibility index (Phi) is 10.7. The van der Waals surface area contributed by atoms with E-state index < -0.39 is 62.0 Å². The quantitative estimate of drug-likeness (QED) is 0.328. The van der Waals surface area contributed by atoms with Crippen molar-refractivity contribution in [3.05, 3.63) is 57.0 Å². The molecular weight excluding hydrogens is 559 g/mol. The van der Waals surface area contributed by atoms with Crippen LogP contribution in [-0.4, -0.2) is 65.9 Å². The number of ether oxygens (including phenoxy) is 1. The molecule has 0 aliphatic rings. The van der Waals surface area contributed by atoms with Crippen molar-refractivity contribution in [2.45, 2.75) is 72.6 Å². The van der Waals surface area contributed by atoms with Crippen molar-refractivity contribution in [3.8, 4) is 5.75 Å². The van der Waals surface area contributed by atoms with Gasteiger partial charge in [-0.1, -0.05) is 26.0 Å². The zero-order chi connectivity index (χ0) is 31.3. The van der Waals surface area contributed by atoms with Crippen LogP contribution in [0.15, 0.2) is 23.0 Å². The van der Waals surface area contributed by atoms with Crippen molar-refractivity contribution in [2.75, 3.05) is 19.9 Å². The third kappa shape index (κ3) is 10.4. The van der Waals surface area contributed by atoms with Crippen LogP contribution in [0.1, 0.15) is 80.9 Å². The minimum Gasteiger partial charge on any atom is -0.501 e. The number of aromatic amines is 1. The highest BCUT2D eigenvalue weighted by molar-refractivity contribution is 7.85. The van der Waals surface area contributed by atoms with Gasteiger partial charge in [0.05, 0.1) is 18.9 Å². The maximum Gasteiger partial charge on any atom is 0.410 e. The van der Waals surface area contributed by atoms with E-state index >= 15 is 0 Å². The number of aryl methyl sites for hydroxylation is 1. The first-order valence-corrected chi connectivity index (χ1v) is 14.7. The summed E-state index contributed by atoms with van der Waals surface area (Å²) in [5.74, 6) is -2.27. The van der Waals surface area contributed by atoms with E-state index in [2.05, 4.69) is 15.3 Å². The van der Waals surface area contributed by atoms with E-state index in [4.69, 9.17) is 8.92 Å². The molecule has 0 aliphatic carbocycles. The molecule has 0 aliphatic heterocycles. The average molecular weight is 599 g/mol. The Morgan fingerprint density at radius 1 is 1.22 bits per heavy atom. The van der Waals surface area contributed by atoms with E-state index in [1.807, 2.05) is 0 Å². The second-order valence-corrected chi connectivity index (χ2v) is 13.3. The molecule has 0 saturated heterocycles. The third-order valence-electron chi connectivity index (χ3n) is 6.03. The summed E-state index contributed by atoms with van der Waals surface area (Å²) in [6.07, 6.45) is 0.661. The van der Waals surface area contributed by atoms with Gasteiger partial charge in [-0.3, -0.25) is 13.8 Å². The molecule has 1 unspecified atom stereocenters. The molecule has 41 heavy (non-hydrogen) atoms. The number of hydrogen-bond acceptors (Lipinski definition) is 9. The van der Waals surface area contributed by atoms with Crippen molar-refractivity contribution >= 4 is 22.1 Å². The Hall–Kier alpha value is -3.52. The molecule has 3 N–H and O–H groups in total. The summed E-state index contributed by atoms with van der Waals surface area (Å²) >= 11 is 0. The molecule has 0 bridgehead atoms. The normalized spacial score (nSPS) is 13.0. The standard InChI is InChI=1S/C27H39FN4O8S/c1-16-13-17(9-10-18(16)28)14-29-23(34)20-21(33)24(35)31-22(30-20)19(32(7)25(36)40-26(2,3)4)11-12-27(5,6)15-39-41(8,37)38/h9-10,13,19,33H,11-12,14-15H2,1-8H3,(H,29,34)(H,30,31,35). The van der Waals surface area contributed by atoms with Gasteiger partial charge in [0.15, 0.2) is 5.69 Å². The van der Waals surface area contributed by atoms with Crippen LogP contribution >= 0.6 is 0 Å². The molecule has 0 radical (unpaired) electrons. The first-order valence-electron chi connectivity index (χ1n) is 12.9. The Morgan fingerprint density at radius 3 is 2.41 bits per heavy atom. The van der Waals surface area contributed by atoms with E-state index in [0.29, 0.717) is 17.5 Å². The lowest BCUT2D eigenvalue weighted by atomic mass is 9.87. The van der Waals surface area contributed by atoms with E-state index in [1.165, 1.54) is 24.1 Å². The number of H-pyrrole nitrogens is 1. The number of rotatable bonds is 11. The van der Waals surface area contributed by atoms with Gasteiger partial charge in [0, 0.05) is 13.6 Å². The van der Waals surface area contributed by atoms with Crippen LogP contribution in [0, 0.1) is 18.2 Å². The number of halogens is 1. The van der Waals surface area contributed by atoms with Crippen molar-refractivity contribution in [1.29, 1.82) is 0 Å². The van der Waals surface area contributed by atoms with E-state index in [9.17, 15) is 32.3 Å². The number of benzene rings is 1. The topological polar surface area (TPSA) is 168 Å². The number of nitrogens with zero attached hydrogens (tertiary/aromatic N) is 2. The Labute approximate surface area is 239 Å². The fourth-order valence-electron chi connectivity index (χ4n) is 3.72. The molecule has 2 amide bonds. The number of carbonyl (C=O) groups is 2. The zero-order valence-corrected chi connectivity index (χ0v) is 25.4. The number of nitrogens with one attached hydrogen (secondary N) is 2. The fraction of sp³-hybridized carbons (Fsp3) is 0.556. The van der Waals surface area contributed by atoms with E-state index in [1.54, 1.807) is 47.6 Å². The van der Waals surface area contributed by atoms with Gasteiger partial charge >= 0.3 is 6.09 Å². The van der Waals surface area contributed by atoms with E-state index in [0.717, 1.165) is 6.26 Å². The summed E-state index contributed by atoms with van der Waals surface area (Å²) in [7, 11) is -2.26. The summed E-state index contributed by atoms with van der Waals surface area (Å²) < 4.78 is 47.0. The first-order chi connectivity index (χ1) is 18.7. The lowest BCUT2D eigenvalue weighted by Gasteiger charge is -2.32. The highest BCUT2D eigenvalue weighted by Crippen LogP contribution is 2.31. The molecule has 228 valence electrons. The van der Waals surface area contributed by atoms with Gasteiger partial charge in [0.2, 0.25) is 5.75 Å². The smallest absolute Gasteiger partial charge is 0.410 e. The van der Waals surface area contributed by atoms with Gasteiger partial charge in [-0.15, -0.1) is 0 Å². The lowest BCUT2D eigenvalue weighted by molar-refractivity contribution is 0.0187. The molecule has 1 aromatic heterocycles. The molecule has 0 fully saturated rings. The maximum atomic E-state index is 13.6. The van der Waals surface area contributed by atoms with Crippen LogP contribution in [0.3, 0.4) is 0 Å². The Bertz CT molecular complexity index is 1430. The molecule has 0 spiro atoms. The SMILES string of the molecule is Cc1cc(CNC(=O)c2nc(C(CCC(C)(C)COS(C)(=O)=O)N(C)C(=O)OC(C)(C)C)[nH]c(=O)c2O)ccc1F. The van der Waals surface area contributed by atoms with Gasteiger partial charge in [-0.2, -0.15) is 8.42 Å². The molecule has 12 nitrogen and oxygen atoms in total. The van der Waals surface area contributed by atoms with Gasteiger partial charge in [0.1, 0.15) is 17.2 Å². The van der Waals surface area contributed by atoms with Gasteiger partial charge in [0.25, 0.3) is 21.6 Å². The van der Waals surface area contributed by atoms with Gasteiger partial charge in [-0.25, -0.2) is 14.2 Å². The molecule has 1 aromatic carbocycles. The predicted octanol–water partition coefficient (Wildman–Crippen LogP) is 3.54. The zero-order valence-electron chi connectivity index (χ0n) is 24.6. The molecule has 1 atom stereocenters. The van der Waals surface area contributed by atoms with Crippen LogP contribution in [-0.2, 0) is 25.6 Å². The van der Waals surface area contributed by atoms with Crippen LogP contribution < -0.4 is 10.9 Å². The minimum atomic E-state index is -3.69. The minimum absolute atomic E-state index is 0.0288. The Balaban J connectivity index is 2.41. The molecule has 2 aromatic rings. The molecular formula is C27H39FN4O8S. The molecule has 0 saturated carbocycles. The lowest BCUT2D eigenvalue weighted by Crippen LogP contribution is -2.39. The third-order valence-corrected chi connectivity index (χ3v) is 6.57. The van der Waals surface area contributed by atoms with Crippen molar-refractivity contribution < 1.29 is 36.4 Å². The van der Waals surface area contributed by atoms with Crippen LogP contribution in [0.4, 0.5) is 9.18 Å². The highest BCUT2D eigenvalue weighted by atomic mass is 32.2. The van der Waals surface area contributed by atoms with Crippen LogP contribution in [0.25, 0.3) is 0 Å². The van der Waals surface area contributed by atoms with Crippen molar-refractivity contribution in [1.82, 2.24) is 20.2 Å². The number of aromatic nitrogens is 2. The number of aromatic hydroxyl groups is 1. The summed E-state index contributed by atoms with van der Waals surface area (Å²) in [4.78, 5) is 46.4. The largest absolute Gasteiger partial charge is 0.501 e. The Morgan fingerprint density at radius 2 is 1.85 bits per heavy atom. The highest BCUT2D eigenvalue weighted by Gasteiger charge is 2.32. The molecule has 2 rings (SSSR count). The number of amides is 2. The first kappa shape index (κ1) is 33.7. The van der Waals surface area contributed by atoms with Crippen molar-refractivity contribution in [3.63, 3.8) is 0 Å². The number of hydrogen-bond donors (Lipinski definition) is 3. The molecule has 14 heteroatoms. The second kappa shape index (κ2) is 13.0. The van der Waals surface area contributed by atoms with Gasteiger partial charge in [-0.05, 0) is 63.1 Å². The summed E-state index contributed by atoms with van der Waals surface area (Å²) in [5, 5.41) is 12.9. The van der Waals surface area contributed by atoms with Gasteiger partial charge < -0.3 is 25.0 Å². The monoisotopic (exact) mass is 598 g/mol. The van der Waals surface area contributed by atoms with Crippen molar-refractivity contribution in [2.24, 2.45) is 5.41 Å².